The lowest BCUT2D eigenvalue weighted by Gasteiger charge is -2.05. The van der Waals surface area contributed by atoms with Crippen LogP contribution in [-0.2, 0) is 21.3 Å². The Morgan fingerprint density at radius 1 is 1.53 bits per heavy atom. The molecule has 0 unspecified atom stereocenters. The number of nitro groups is 1. The third-order valence-electron chi connectivity index (χ3n) is 2.15. The van der Waals surface area contributed by atoms with Gasteiger partial charge in [-0.1, -0.05) is 15.9 Å². The smallest absolute Gasteiger partial charge is 0.310 e. The molecule has 1 rings (SSSR count). The predicted octanol–water partition coefficient (Wildman–Crippen LogP) is 2.34. The second kappa shape index (κ2) is 5.72. The van der Waals surface area contributed by atoms with Gasteiger partial charge in [-0.15, -0.1) is 0 Å². The monoisotopic (exact) mass is 305 g/mol. The van der Waals surface area contributed by atoms with Gasteiger partial charge in [0.05, 0.1) is 24.5 Å². The second-order valence-electron chi connectivity index (χ2n) is 3.22. The molecule has 0 atom stereocenters. The van der Waals surface area contributed by atoms with Crippen LogP contribution in [-0.4, -0.2) is 18.0 Å². The largest absolute Gasteiger partial charge is 0.469 e. The maximum atomic E-state index is 13.5. The van der Waals surface area contributed by atoms with E-state index < -0.39 is 16.7 Å². The molecule has 0 aromatic heterocycles. The van der Waals surface area contributed by atoms with Crippen molar-refractivity contribution in [3.05, 3.63) is 39.2 Å². The summed E-state index contributed by atoms with van der Waals surface area (Å²) in [5.74, 6) is -1.38. The van der Waals surface area contributed by atoms with Gasteiger partial charge < -0.3 is 4.74 Å². The zero-order valence-electron chi connectivity index (χ0n) is 8.91. The van der Waals surface area contributed by atoms with Crippen LogP contribution in [0.2, 0.25) is 0 Å². The van der Waals surface area contributed by atoms with Crippen LogP contribution in [0, 0.1) is 15.9 Å². The summed E-state index contributed by atoms with van der Waals surface area (Å²) in [4.78, 5) is 21.0. The average molecular weight is 306 g/mol. The Morgan fingerprint density at radius 2 is 2.18 bits per heavy atom. The first-order valence-corrected chi connectivity index (χ1v) is 5.70. The van der Waals surface area contributed by atoms with Crippen LogP contribution in [0.15, 0.2) is 12.1 Å². The number of methoxy groups -OCH3 is 1. The Morgan fingerprint density at radius 3 is 2.65 bits per heavy atom. The highest BCUT2D eigenvalue weighted by molar-refractivity contribution is 9.08. The number of halogens is 2. The number of nitrogens with zero attached hydrogens (tertiary/aromatic N) is 1. The predicted molar refractivity (Wildman–Crippen MR) is 61.4 cm³/mol. The van der Waals surface area contributed by atoms with Crippen molar-refractivity contribution in [1.82, 2.24) is 0 Å². The molecule has 0 saturated carbocycles. The Labute approximate surface area is 105 Å². The SMILES string of the molecule is COC(=O)Cc1cc(CBr)c([N+](=O)[O-])cc1F. The lowest BCUT2D eigenvalue weighted by atomic mass is 10.1. The van der Waals surface area contributed by atoms with Gasteiger partial charge >= 0.3 is 5.97 Å². The molecule has 0 bridgehead atoms. The molecule has 0 aliphatic rings. The topological polar surface area (TPSA) is 69.4 Å². The number of carbonyl (C=O) groups is 1. The fraction of sp³-hybridized carbons (Fsp3) is 0.300. The van der Waals surface area contributed by atoms with Gasteiger partial charge in [-0.3, -0.25) is 14.9 Å². The van der Waals surface area contributed by atoms with Crippen LogP contribution in [0.3, 0.4) is 0 Å². The number of nitro benzene ring substituents is 1. The molecule has 0 aliphatic carbocycles. The summed E-state index contributed by atoms with van der Waals surface area (Å²) in [6, 6.07) is 2.11. The average Bonchev–Trinajstić information content (AvgIpc) is 2.30. The normalized spacial score (nSPS) is 10.1. The molecular formula is C10H9BrFNO4. The van der Waals surface area contributed by atoms with E-state index in [4.69, 9.17) is 0 Å². The van der Waals surface area contributed by atoms with E-state index in [1.165, 1.54) is 13.2 Å². The van der Waals surface area contributed by atoms with Crippen molar-refractivity contribution in [3.63, 3.8) is 0 Å². The number of hydrogen-bond acceptors (Lipinski definition) is 4. The fourth-order valence-electron chi connectivity index (χ4n) is 1.30. The molecule has 1 aromatic rings. The van der Waals surface area contributed by atoms with Crippen LogP contribution in [0.1, 0.15) is 11.1 Å². The van der Waals surface area contributed by atoms with Gasteiger partial charge in [0.25, 0.3) is 5.69 Å². The first-order valence-electron chi connectivity index (χ1n) is 4.58. The van der Waals surface area contributed by atoms with Crippen molar-refractivity contribution < 1.29 is 18.8 Å². The molecule has 0 fully saturated rings. The third kappa shape index (κ3) is 3.23. The Kier molecular flexibility index (Phi) is 4.56. The van der Waals surface area contributed by atoms with Gasteiger partial charge in [0.2, 0.25) is 0 Å². The van der Waals surface area contributed by atoms with Crippen molar-refractivity contribution in [3.8, 4) is 0 Å². The maximum Gasteiger partial charge on any atom is 0.310 e. The summed E-state index contributed by atoms with van der Waals surface area (Å²) in [5.41, 5.74) is 0.0835. The first kappa shape index (κ1) is 13.6. The van der Waals surface area contributed by atoms with Crippen molar-refractivity contribution in [2.45, 2.75) is 11.8 Å². The van der Waals surface area contributed by atoms with Crippen molar-refractivity contribution >= 4 is 27.6 Å². The molecule has 0 spiro atoms. The van der Waals surface area contributed by atoms with Gasteiger partial charge in [0.1, 0.15) is 5.82 Å². The van der Waals surface area contributed by atoms with E-state index in [2.05, 4.69) is 20.7 Å². The lowest BCUT2D eigenvalue weighted by Crippen LogP contribution is -2.07. The maximum absolute atomic E-state index is 13.5. The van der Waals surface area contributed by atoms with Crippen LogP contribution < -0.4 is 0 Å². The summed E-state index contributed by atoms with van der Waals surface area (Å²) in [7, 11) is 1.19. The van der Waals surface area contributed by atoms with E-state index in [9.17, 15) is 19.3 Å². The van der Waals surface area contributed by atoms with Crippen molar-refractivity contribution in [1.29, 1.82) is 0 Å². The molecule has 92 valence electrons. The molecule has 0 N–H and O–H groups in total. The Bertz CT molecular complexity index is 464. The number of esters is 1. The number of rotatable bonds is 4. The number of hydrogen-bond donors (Lipinski definition) is 0. The van der Waals surface area contributed by atoms with Gasteiger partial charge in [-0.05, 0) is 11.6 Å². The molecule has 0 heterocycles. The van der Waals surface area contributed by atoms with Crippen LogP contribution in [0.4, 0.5) is 10.1 Å². The zero-order valence-corrected chi connectivity index (χ0v) is 10.5. The highest BCUT2D eigenvalue weighted by Gasteiger charge is 2.19. The number of carbonyl (C=O) groups excluding carboxylic acids is 1. The molecular weight excluding hydrogens is 297 g/mol. The van der Waals surface area contributed by atoms with Crippen LogP contribution in [0.25, 0.3) is 0 Å². The van der Waals surface area contributed by atoms with E-state index in [0.717, 1.165) is 6.07 Å². The molecule has 5 nitrogen and oxygen atoms in total. The van der Waals surface area contributed by atoms with E-state index >= 15 is 0 Å². The minimum Gasteiger partial charge on any atom is -0.469 e. The van der Waals surface area contributed by atoms with Crippen molar-refractivity contribution in [2.24, 2.45) is 0 Å². The number of benzene rings is 1. The minimum absolute atomic E-state index is 0.0805. The third-order valence-corrected chi connectivity index (χ3v) is 2.75. The lowest BCUT2D eigenvalue weighted by molar-refractivity contribution is -0.385. The minimum atomic E-state index is -0.785. The number of ether oxygens (including phenoxy) is 1. The van der Waals surface area contributed by atoms with Gasteiger partial charge in [-0.2, -0.15) is 0 Å². The molecule has 1 aromatic carbocycles. The zero-order chi connectivity index (χ0) is 13.0. The van der Waals surface area contributed by atoms with E-state index in [1.54, 1.807) is 0 Å². The molecule has 0 saturated heterocycles. The van der Waals surface area contributed by atoms with Crippen LogP contribution in [0.5, 0.6) is 0 Å². The fourth-order valence-corrected chi connectivity index (χ4v) is 1.75. The molecule has 7 heteroatoms. The van der Waals surface area contributed by atoms with Gasteiger partial charge in [0.15, 0.2) is 0 Å². The van der Waals surface area contributed by atoms with E-state index in [-0.39, 0.29) is 23.0 Å². The van der Waals surface area contributed by atoms with E-state index in [0.29, 0.717) is 5.56 Å². The molecule has 17 heavy (non-hydrogen) atoms. The second-order valence-corrected chi connectivity index (χ2v) is 3.78. The summed E-state index contributed by atoms with van der Waals surface area (Å²) >= 11 is 3.08. The first-order chi connectivity index (χ1) is 7.99. The summed E-state index contributed by atoms with van der Waals surface area (Å²) < 4.78 is 17.9. The van der Waals surface area contributed by atoms with E-state index in [1.807, 2.05) is 0 Å². The standard InChI is InChI=1S/C10H9BrFNO4/c1-17-10(14)3-6-2-7(5-11)9(13(15)16)4-8(6)12/h2,4H,3,5H2,1H3. The van der Waals surface area contributed by atoms with Gasteiger partial charge in [-0.25, -0.2) is 4.39 Å². The summed E-state index contributed by atoms with van der Waals surface area (Å²) in [5, 5.41) is 10.9. The summed E-state index contributed by atoms with van der Waals surface area (Å²) in [6.45, 7) is 0. The highest BCUT2D eigenvalue weighted by atomic mass is 79.9. The molecule has 0 radical (unpaired) electrons. The Balaban J connectivity index is 3.17. The quantitative estimate of drug-likeness (QED) is 0.370. The number of alkyl halides is 1. The van der Waals surface area contributed by atoms with Crippen LogP contribution >= 0.6 is 15.9 Å². The summed E-state index contributed by atoms with van der Waals surface area (Å²) in [6.07, 6.45) is -0.250. The van der Waals surface area contributed by atoms with Gasteiger partial charge in [0, 0.05) is 10.9 Å². The van der Waals surface area contributed by atoms with Crippen molar-refractivity contribution in [2.75, 3.05) is 7.11 Å². The highest BCUT2D eigenvalue weighted by Crippen LogP contribution is 2.25. The molecule has 0 aliphatic heterocycles. The Hall–Kier alpha value is -1.50. The molecule has 0 amide bonds.